The number of hydrogen-bond acceptors (Lipinski definition) is 5. The Balaban J connectivity index is 1.78. The van der Waals surface area contributed by atoms with Gasteiger partial charge in [-0.3, -0.25) is 4.79 Å². The first kappa shape index (κ1) is 20.4. The van der Waals surface area contributed by atoms with E-state index in [0.717, 1.165) is 4.88 Å². The first-order valence-corrected chi connectivity index (χ1v) is 11.1. The summed E-state index contributed by atoms with van der Waals surface area (Å²) in [5.41, 5.74) is 0.661. The Hall–Kier alpha value is -2.34. The van der Waals surface area contributed by atoms with Crippen molar-refractivity contribution in [2.75, 3.05) is 25.1 Å². The number of hydrogen-bond donors (Lipinski definition) is 0. The number of ether oxygens (including phenoxy) is 1. The maximum atomic E-state index is 13.1. The van der Waals surface area contributed by atoms with Gasteiger partial charge in [0.05, 0.1) is 0 Å². The lowest BCUT2D eigenvalue weighted by Crippen LogP contribution is -2.46. The molecule has 6 nitrogen and oxygen atoms in total. The molecular formula is C20H22N2O4S2. The number of terminal acetylenes is 1. The summed E-state index contributed by atoms with van der Waals surface area (Å²) in [7, 11) is -2.03. The molecule has 1 aliphatic heterocycles. The number of carbonyl (C=O) groups is 1. The molecule has 0 spiro atoms. The molecule has 1 unspecified atom stereocenters. The quantitative estimate of drug-likeness (QED) is 0.677. The number of carbonyl (C=O) groups excluding carboxylic acids is 1. The minimum absolute atomic E-state index is 0.172. The second-order valence-corrected chi connectivity index (χ2v) is 9.93. The van der Waals surface area contributed by atoms with E-state index in [1.165, 1.54) is 20.5 Å². The van der Waals surface area contributed by atoms with Gasteiger partial charge < -0.3 is 9.64 Å². The Morgan fingerprint density at radius 1 is 1.32 bits per heavy atom. The Morgan fingerprint density at radius 2 is 2.04 bits per heavy atom. The van der Waals surface area contributed by atoms with Gasteiger partial charge in [0, 0.05) is 24.2 Å². The molecule has 1 aromatic heterocycles. The summed E-state index contributed by atoms with van der Waals surface area (Å²) in [4.78, 5) is 15.5. The third kappa shape index (κ3) is 4.07. The summed E-state index contributed by atoms with van der Waals surface area (Å²) in [5.74, 6) is 2.76. The van der Waals surface area contributed by atoms with Crippen molar-refractivity contribution in [2.45, 2.75) is 30.0 Å². The van der Waals surface area contributed by atoms with E-state index in [0.29, 0.717) is 30.8 Å². The number of aryl methyl sites for hydroxylation is 1. The highest BCUT2D eigenvalue weighted by Crippen LogP contribution is 2.31. The molecule has 1 fully saturated rings. The lowest BCUT2D eigenvalue weighted by atomic mass is 10.2. The zero-order chi connectivity index (χ0) is 20.3. The molecule has 1 aliphatic rings. The van der Waals surface area contributed by atoms with Crippen molar-refractivity contribution < 1.29 is 17.9 Å². The molecule has 0 aliphatic carbocycles. The SMILES string of the molecule is C#CCOc1ccc(N(C)C(=O)C2CCCN2S(=O)(=O)c2ccc(C)s2)cc1. The second kappa shape index (κ2) is 8.35. The molecule has 1 atom stereocenters. The monoisotopic (exact) mass is 418 g/mol. The van der Waals surface area contributed by atoms with Crippen LogP contribution in [0.15, 0.2) is 40.6 Å². The number of likely N-dealkylation sites (N-methyl/N-ethyl adjacent to an activating group) is 1. The molecule has 148 valence electrons. The van der Waals surface area contributed by atoms with Gasteiger partial charge in [0.15, 0.2) is 0 Å². The number of anilines is 1. The summed E-state index contributed by atoms with van der Waals surface area (Å²) >= 11 is 1.23. The van der Waals surface area contributed by atoms with Crippen molar-refractivity contribution in [3.05, 3.63) is 41.3 Å². The Labute approximate surface area is 169 Å². The molecule has 0 bridgehead atoms. The minimum atomic E-state index is -3.68. The highest BCUT2D eigenvalue weighted by Gasteiger charge is 2.41. The third-order valence-electron chi connectivity index (χ3n) is 4.64. The molecule has 0 N–H and O–H groups in total. The van der Waals surface area contributed by atoms with Crippen LogP contribution in [0.3, 0.4) is 0 Å². The van der Waals surface area contributed by atoms with E-state index in [-0.39, 0.29) is 16.7 Å². The highest BCUT2D eigenvalue weighted by molar-refractivity contribution is 7.91. The van der Waals surface area contributed by atoms with E-state index in [9.17, 15) is 13.2 Å². The summed E-state index contributed by atoms with van der Waals surface area (Å²) < 4.78 is 33.0. The summed E-state index contributed by atoms with van der Waals surface area (Å²) in [5, 5.41) is 0. The number of thiophene rings is 1. The van der Waals surface area contributed by atoms with E-state index < -0.39 is 16.1 Å². The van der Waals surface area contributed by atoms with Gasteiger partial charge in [-0.25, -0.2) is 8.42 Å². The largest absolute Gasteiger partial charge is 0.481 e. The van der Waals surface area contributed by atoms with Crippen LogP contribution in [0.25, 0.3) is 0 Å². The average molecular weight is 419 g/mol. The lowest BCUT2D eigenvalue weighted by Gasteiger charge is -2.27. The van der Waals surface area contributed by atoms with Gasteiger partial charge in [0.25, 0.3) is 10.0 Å². The average Bonchev–Trinajstić information content (AvgIpc) is 3.35. The first-order chi connectivity index (χ1) is 13.3. The third-order valence-corrected chi connectivity index (χ3v) is 8.02. The van der Waals surface area contributed by atoms with Crippen molar-refractivity contribution in [1.29, 1.82) is 0 Å². The zero-order valence-corrected chi connectivity index (χ0v) is 17.4. The number of benzene rings is 1. The van der Waals surface area contributed by atoms with Crippen LogP contribution < -0.4 is 9.64 Å². The van der Waals surface area contributed by atoms with Gasteiger partial charge in [-0.05, 0) is 56.2 Å². The maximum absolute atomic E-state index is 13.1. The van der Waals surface area contributed by atoms with Crippen molar-refractivity contribution in [1.82, 2.24) is 4.31 Å². The molecule has 1 saturated heterocycles. The van der Waals surface area contributed by atoms with E-state index >= 15 is 0 Å². The minimum Gasteiger partial charge on any atom is -0.481 e. The van der Waals surface area contributed by atoms with Crippen LogP contribution in [0.5, 0.6) is 5.75 Å². The normalized spacial score (nSPS) is 17.2. The van der Waals surface area contributed by atoms with Gasteiger partial charge in [-0.15, -0.1) is 17.8 Å². The van der Waals surface area contributed by atoms with Crippen molar-refractivity contribution in [3.63, 3.8) is 0 Å². The molecule has 3 rings (SSSR count). The lowest BCUT2D eigenvalue weighted by molar-refractivity contribution is -0.121. The van der Waals surface area contributed by atoms with Crippen molar-refractivity contribution in [3.8, 4) is 18.1 Å². The fraction of sp³-hybridized carbons (Fsp3) is 0.350. The topological polar surface area (TPSA) is 66.9 Å². The standard InChI is InChI=1S/C20H22N2O4S2/c1-4-14-26-17-10-8-16(9-11-17)21(3)20(23)18-6-5-13-22(18)28(24,25)19-12-7-15(2)27-19/h1,7-12,18H,5-6,13-14H2,2-3H3. The van der Waals surface area contributed by atoms with Crippen molar-refractivity contribution in [2.24, 2.45) is 0 Å². The Bertz CT molecular complexity index is 990. The van der Waals surface area contributed by atoms with Crippen LogP contribution >= 0.6 is 11.3 Å². The Morgan fingerprint density at radius 3 is 2.64 bits per heavy atom. The van der Waals surface area contributed by atoms with E-state index in [4.69, 9.17) is 11.2 Å². The van der Waals surface area contributed by atoms with Crippen LogP contribution in [0.4, 0.5) is 5.69 Å². The smallest absolute Gasteiger partial charge is 0.253 e. The number of nitrogens with zero attached hydrogens (tertiary/aromatic N) is 2. The number of sulfonamides is 1. The van der Waals surface area contributed by atoms with Crippen LogP contribution in [0.1, 0.15) is 17.7 Å². The molecule has 0 radical (unpaired) electrons. The predicted octanol–water partition coefficient (Wildman–Crippen LogP) is 2.88. The predicted molar refractivity (Wildman–Crippen MR) is 110 cm³/mol. The van der Waals surface area contributed by atoms with E-state index in [1.54, 1.807) is 43.4 Å². The maximum Gasteiger partial charge on any atom is 0.253 e. The van der Waals surface area contributed by atoms with E-state index in [2.05, 4.69) is 5.92 Å². The van der Waals surface area contributed by atoms with Crippen LogP contribution in [-0.2, 0) is 14.8 Å². The van der Waals surface area contributed by atoms with Gasteiger partial charge in [-0.1, -0.05) is 5.92 Å². The second-order valence-electron chi connectivity index (χ2n) is 6.52. The first-order valence-electron chi connectivity index (χ1n) is 8.87. The number of amides is 1. The molecule has 2 heterocycles. The van der Waals surface area contributed by atoms with Gasteiger partial charge in [0.1, 0.15) is 22.6 Å². The van der Waals surface area contributed by atoms with E-state index in [1.807, 2.05) is 6.92 Å². The molecule has 2 aromatic rings. The molecule has 1 amide bonds. The van der Waals surface area contributed by atoms with Gasteiger partial charge >= 0.3 is 0 Å². The summed E-state index contributed by atoms with van der Waals surface area (Å²) in [6, 6.07) is 9.64. The Kier molecular flexibility index (Phi) is 6.08. The summed E-state index contributed by atoms with van der Waals surface area (Å²) in [6.45, 7) is 2.38. The molecule has 28 heavy (non-hydrogen) atoms. The van der Waals surface area contributed by atoms with Crippen LogP contribution in [-0.4, -0.2) is 44.9 Å². The molecular weight excluding hydrogens is 396 g/mol. The van der Waals surface area contributed by atoms with Crippen LogP contribution in [0.2, 0.25) is 0 Å². The fourth-order valence-corrected chi connectivity index (χ4v) is 6.25. The molecule has 0 saturated carbocycles. The van der Waals surface area contributed by atoms with Crippen LogP contribution in [0, 0.1) is 19.3 Å². The zero-order valence-electron chi connectivity index (χ0n) is 15.8. The molecule has 8 heteroatoms. The van der Waals surface area contributed by atoms with Gasteiger partial charge in [0.2, 0.25) is 5.91 Å². The highest BCUT2D eigenvalue weighted by atomic mass is 32.2. The fourth-order valence-electron chi connectivity index (χ4n) is 3.18. The number of rotatable bonds is 6. The molecule has 1 aromatic carbocycles. The van der Waals surface area contributed by atoms with Gasteiger partial charge in [-0.2, -0.15) is 4.31 Å². The van der Waals surface area contributed by atoms with Crippen molar-refractivity contribution >= 4 is 33.0 Å². The summed E-state index contributed by atoms with van der Waals surface area (Å²) in [6.07, 6.45) is 6.34.